The molecule has 0 saturated heterocycles. The van der Waals surface area contributed by atoms with Crippen LogP contribution < -0.4 is 11.1 Å². The number of amides is 2. The van der Waals surface area contributed by atoms with E-state index in [0.717, 1.165) is 10.1 Å². The van der Waals surface area contributed by atoms with Gasteiger partial charge in [-0.3, -0.25) is 9.59 Å². The van der Waals surface area contributed by atoms with E-state index in [1.807, 2.05) is 6.92 Å². The Labute approximate surface area is 114 Å². The van der Waals surface area contributed by atoms with Crippen LogP contribution in [-0.2, 0) is 9.59 Å². The zero-order valence-corrected chi connectivity index (χ0v) is 12.0. The second-order valence-electron chi connectivity index (χ2n) is 4.03. The molecule has 1 radical (unpaired) electrons. The highest BCUT2D eigenvalue weighted by Gasteiger charge is 2.29. The zero-order chi connectivity index (χ0) is 13.8. The fourth-order valence-corrected chi connectivity index (χ4v) is 2.63. The normalized spacial score (nSPS) is 11.3. The summed E-state index contributed by atoms with van der Waals surface area (Å²) in [7, 11) is 0. The van der Waals surface area contributed by atoms with Crippen molar-refractivity contribution in [3.8, 4) is 0 Å². The molecule has 8 heteroatoms. The van der Waals surface area contributed by atoms with Gasteiger partial charge in [-0.05, 0) is 5.75 Å². The Kier molecular flexibility index (Phi) is 5.09. The van der Waals surface area contributed by atoms with E-state index in [1.165, 1.54) is 17.8 Å². The zero-order valence-electron chi connectivity index (χ0n) is 10.4. The van der Waals surface area contributed by atoms with Crippen molar-refractivity contribution in [1.29, 1.82) is 0 Å². The first-order chi connectivity index (χ1) is 8.35. The Morgan fingerprint density at radius 1 is 1.50 bits per heavy atom. The lowest BCUT2D eigenvalue weighted by Crippen LogP contribution is -2.35. The minimum absolute atomic E-state index is 0.410. The van der Waals surface area contributed by atoms with Crippen LogP contribution in [0.25, 0.3) is 0 Å². The van der Waals surface area contributed by atoms with Gasteiger partial charge in [0.15, 0.2) is 4.34 Å². The third kappa shape index (κ3) is 4.26. The molecule has 1 heterocycles. The molecule has 0 saturated carbocycles. The van der Waals surface area contributed by atoms with Gasteiger partial charge in [0.1, 0.15) is 0 Å². The average Bonchev–Trinajstić information content (AvgIpc) is 2.64. The van der Waals surface area contributed by atoms with Gasteiger partial charge in [-0.25, -0.2) is 0 Å². The van der Waals surface area contributed by atoms with Crippen molar-refractivity contribution in [2.24, 2.45) is 11.1 Å². The maximum absolute atomic E-state index is 11.7. The molecule has 1 aromatic heterocycles. The molecule has 1 rings (SSSR count). The van der Waals surface area contributed by atoms with E-state index < -0.39 is 17.2 Å². The molecule has 6 nitrogen and oxygen atoms in total. The molecule has 0 aliphatic carbocycles. The van der Waals surface area contributed by atoms with Gasteiger partial charge < -0.3 is 11.1 Å². The predicted molar refractivity (Wildman–Crippen MR) is 72.2 cm³/mol. The third-order valence-electron chi connectivity index (χ3n) is 2.03. The van der Waals surface area contributed by atoms with Gasteiger partial charge in [0.05, 0.1) is 11.8 Å². The van der Waals surface area contributed by atoms with E-state index in [-0.39, 0.29) is 0 Å². The largest absolute Gasteiger partial charge is 0.369 e. The van der Waals surface area contributed by atoms with Gasteiger partial charge in [-0.2, -0.15) is 0 Å². The van der Waals surface area contributed by atoms with Gasteiger partial charge in [0, 0.05) is 0 Å². The van der Waals surface area contributed by atoms with Crippen LogP contribution in [0.2, 0.25) is 0 Å². The van der Waals surface area contributed by atoms with Crippen LogP contribution in [0.1, 0.15) is 20.8 Å². The molecule has 0 spiro atoms. The highest BCUT2D eigenvalue weighted by atomic mass is 32.2. The fourth-order valence-electron chi connectivity index (χ4n) is 0.982. The summed E-state index contributed by atoms with van der Waals surface area (Å²) < 4.78 is 0.793. The molecule has 0 aromatic carbocycles. The molecule has 0 aliphatic heterocycles. The number of hydrogen-bond donors (Lipinski definition) is 2. The van der Waals surface area contributed by atoms with E-state index in [2.05, 4.69) is 15.5 Å². The first-order valence-corrected chi connectivity index (χ1v) is 7.08. The molecular weight excluding hydrogens is 272 g/mol. The summed E-state index contributed by atoms with van der Waals surface area (Å²) in [6, 6.07) is 0. The van der Waals surface area contributed by atoms with Crippen molar-refractivity contribution < 1.29 is 9.59 Å². The number of nitrogens with two attached hydrogens (primary N) is 1. The number of rotatable bonds is 6. The van der Waals surface area contributed by atoms with Gasteiger partial charge in [0.25, 0.3) is 0 Å². The maximum Gasteiger partial charge on any atom is 0.231 e. The van der Waals surface area contributed by atoms with E-state index in [9.17, 15) is 9.59 Å². The number of thioether (sulfide) groups is 1. The number of nitrogens with zero attached hydrogens (tertiary/aromatic N) is 2. The van der Waals surface area contributed by atoms with Gasteiger partial charge in [-0.1, -0.05) is 43.9 Å². The summed E-state index contributed by atoms with van der Waals surface area (Å²) in [5, 5.41) is 10.7. The molecule has 3 N–H and O–H groups in total. The van der Waals surface area contributed by atoms with Crippen LogP contribution in [-0.4, -0.2) is 27.8 Å². The van der Waals surface area contributed by atoms with E-state index in [4.69, 9.17) is 5.73 Å². The summed E-state index contributed by atoms with van der Waals surface area (Å²) in [5.74, 6) is -0.0798. The van der Waals surface area contributed by atoms with Crippen LogP contribution in [0.4, 0.5) is 5.13 Å². The maximum atomic E-state index is 11.7. The summed E-state index contributed by atoms with van der Waals surface area (Å²) in [5.41, 5.74) is 4.19. The summed E-state index contributed by atoms with van der Waals surface area (Å²) in [4.78, 5) is 22.7. The molecule has 0 atom stereocenters. The number of hydrogen-bond acceptors (Lipinski definition) is 6. The van der Waals surface area contributed by atoms with Crippen molar-refractivity contribution in [3.63, 3.8) is 0 Å². The molecule has 0 unspecified atom stereocenters. The molecule has 18 heavy (non-hydrogen) atoms. The first-order valence-electron chi connectivity index (χ1n) is 5.28. The van der Waals surface area contributed by atoms with Crippen LogP contribution in [0.15, 0.2) is 4.34 Å². The number of carbonyl (C=O) groups excluding carboxylic acids is 2. The second-order valence-corrected chi connectivity index (χ2v) is 6.51. The highest BCUT2D eigenvalue weighted by Crippen LogP contribution is 2.26. The standard InChI is InChI=1S/C10H15N4O2S2/c1-4-17-9-14-13-8(18-9)12-6(15)5-10(2,3)7(11)16/h5H,4H2,1-3H3,(H2,11,16)(H,12,13,15). The topological polar surface area (TPSA) is 98.0 Å². The molecule has 0 bridgehead atoms. The monoisotopic (exact) mass is 287 g/mol. The lowest BCUT2D eigenvalue weighted by Gasteiger charge is -2.18. The molecule has 2 amide bonds. The number of anilines is 1. The van der Waals surface area contributed by atoms with Crippen LogP contribution >= 0.6 is 23.1 Å². The molecule has 0 fully saturated rings. The summed E-state index contributed by atoms with van der Waals surface area (Å²) in [6.07, 6.45) is 1.24. The van der Waals surface area contributed by atoms with Gasteiger partial charge in [0.2, 0.25) is 16.9 Å². The molecule has 0 aliphatic rings. The third-order valence-corrected chi connectivity index (χ3v) is 3.89. The Balaban J connectivity index is 2.56. The second kappa shape index (κ2) is 6.14. The van der Waals surface area contributed by atoms with Crippen molar-refractivity contribution in [1.82, 2.24) is 10.2 Å². The molecular formula is C10H15N4O2S2. The van der Waals surface area contributed by atoms with E-state index in [0.29, 0.717) is 5.13 Å². The fraction of sp³-hybridized carbons (Fsp3) is 0.500. The minimum atomic E-state index is -0.990. The van der Waals surface area contributed by atoms with Crippen LogP contribution in [0.5, 0.6) is 0 Å². The van der Waals surface area contributed by atoms with Crippen LogP contribution in [0, 0.1) is 11.8 Å². The Morgan fingerprint density at radius 2 is 2.17 bits per heavy atom. The quantitative estimate of drug-likeness (QED) is 0.607. The Bertz CT molecular complexity index is 445. The van der Waals surface area contributed by atoms with E-state index >= 15 is 0 Å². The number of carbonyl (C=O) groups is 2. The number of primary amides is 1. The van der Waals surface area contributed by atoms with Crippen molar-refractivity contribution in [2.75, 3.05) is 11.1 Å². The average molecular weight is 287 g/mol. The van der Waals surface area contributed by atoms with Crippen molar-refractivity contribution in [2.45, 2.75) is 25.1 Å². The van der Waals surface area contributed by atoms with Crippen LogP contribution in [0.3, 0.4) is 0 Å². The lowest BCUT2D eigenvalue weighted by molar-refractivity contribution is -0.127. The smallest absolute Gasteiger partial charge is 0.231 e. The first kappa shape index (κ1) is 14.9. The van der Waals surface area contributed by atoms with Crippen molar-refractivity contribution in [3.05, 3.63) is 6.42 Å². The Hall–Kier alpha value is -1.15. The summed E-state index contributed by atoms with van der Waals surface area (Å²) in [6.45, 7) is 5.16. The Morgan fingerprint density at radius 3 is 2.72 bits per heavy atom. The highest BCUT2D eigenvalue weighted by molar-refractivity contribution is 8.01. The van der Waals surface area contributed by atoms with Gasteiger partial charge >= 0.3 is 0 Å². The predicted octanol–water partition coefficient (Wildman–Crippen LogP) is 1.30. The number of aromatic nitrogens is 2. The van der Waals surface area contributed by atoms with Crippen molar-refractivity contribution >= 4 is 40.0 Å². The molecule has 99 valence electrons. The van der Waals surface area contributed by atoms with E-state index in [1.54, 1.807) is 25.6 Å². The molecule has 1 aromatic rings. The lowest BCUT2D eigenvalue weighted by atomic mass is 9.88. The summed E-state index contributed by atoms with van der Waals surface area (Å²) >= 11 is 2.84. The van der Waals surface area contributed by atoms with Gasteiger partial charge in [-0.15, -0.1) is 10.2 Å². The number of nitrogens with one attached hydrogen (secondary N) is 1. The SMILES string of the molecule is CCSc1nnc(NC(=O)[CH]C(C)(C)C(N)=O)s1. The minimum Gasteiger partial charge on any atom is -0.369 e.